The molecule has 0 saturated carbocycles. The molecule has 0 atom stereocenters. The van der Waals surface area contributed by atoms with Gasteiger partial charge in [-0.1, -0.05) is 6.07 Å². The molecule has 0 unspecified atom stereocenters. The van der Waals surface area contributed by atoms with Gasteiger partial charge in [0.25, 0.3) is 0 Å². The highest BCUT2D eigenvalue weighted by atomic mass is 15.2. The largest absolute Gasteiger partial charge is 0.256 e. The quantitative estimate of drug-likeness (QED) is 0.536. The fraction of sp³-hybridized carbons (Fsp3) is 0.111. The molecule has 0 amide bonds. The van der Waals surface area contributed by atoms with Crippen molar-refractivity contribution in [3.63, 3.8) is 0 Å². The van der Waals surface area contributed by atoms with Crippen molar-refractivity contribution < 1.29 is 9.13 Å². The summed E-state index contributed by atoms with van der Waals surface area (Å²) in [6, 6.07) is 10.0. The van der Waals surface area contributed by atoms with Gasteiger partial charge in [0.05, 0.1) is 19.8 Å². The van der Waals surface area contributed by atoms with Crippen molar-refractivity contribution in [2.75, 3.05) is 0 Å². The van der Waals surface area contributed by atoms with Crippen molar-refractivity contribution in [3.05, 3.63) is 74.0 Å². The van der Waals surface area contributed by atoms with Crippen molar-refractivity contribution in [2.24, 2.45) is 14.1 Å². The van der Waals surface area contributed by atoms with Gasteiger partial charge in [-0.05, 0) is 12.1 Å². The van der Waals surface area contributed by atoms with Gasteiger partial charge in [-0.25, -0.2) is 9.13 Å². The average molecular weight is 318 g/mol. The zero-order chi connectivity index (χ0) is 16.5. The maximum absolute atomic E-state index is 4.80. The summed E-state index contributed by atoms with van der Waals surface area (Å²) >= 11 is 0. The van der Waals surface area contributed by atoms with Crippen molar-refractivity contribution >= 4 is 0 Å². The molecule has 0 radical (unpaired) electrons. The molecule has 0 aliphatic carbocycles. The third-order valence-electron chi connectivity index (χ3n) is 3.83. The number of rotatable bonds is 3. The molecule has 6 heteroatoms. The first-order chi connectivity index (χ1) is 11.7. The molecule has 118 valence electrons. The lowest BCUT2D eigenvalue weighted by Crippen LogP contribution is -2.24. The Kier molecular flexibility index (Phi) is 3.42. The predicted octanol–water partition coefficient (Wildman–Crippen LogP) is 1.37. The minimum atomic E-state index is 0.852. The maximum Gasteiger partial charge on any atom is 0.250 e. The Balaban J connectivity index is 1.91. The van der Waals surface area contributed by atoms with Gasteiger partial charge in [0.1, 0.15) is 24.8 Å². The van der Waals surface area contributed by atoms with Crippen molar-refractivity contribution in [1.82, 2.24) is 19.1 Å². The van der Waals surface area contributed by atoms with E-state index in [1.54, 1.807) is 6.20 Å². The highest BCUT2D eigenvalue weighted by molar-refractivity contribution is 5.63. The van der Waals surface area contributed by atoms with E-state index in [1.165, 1.54) is 0 Å². The first-order valence-corrected chi connectivity index (χ1v) is 7.70. The van der Waals surface area contributed by atoms with E-state index in [-0.39, 0.29) is 0 Å². The maximum atomic E-state index is 4.80. The number of hydrogen-bond acceptors (Lipinski definition) is 2. The first-order valence-electron chi connectivity index (χ1n) is 7.70. The van der Waals surface area contributed by atoms with Crippen LogP contribution < -0.4 is 9.13 Å². The summed E-state index contributed by atoms with van der Waals surface area (Å²) in [5.41, 5.74) is 1.96. The highest BCUT2D eigenvalue weighted by Crippen LogP contribution is 2.21. The molecule has 0 aromatic carbocycles. The fourth-order valence-electron chi connectivity index (χ4n) is 2.62. The topological polar surface area (TPSA) is 43.4 Å². The molecule has 0 fully saturated rings. The molecule has 0 aliphatic heterocycles. The highest BCUT2D eigenvalue weighted by Gasteiger charge is 2.15. The molecule has 4 heterocycles. The molecule has 24 heavy (non-hydrogen) atoms. The van der Waals surface area contributed by atoms with E-state index in [9.17, 15) is 0 Å². The van der Waals surface area contributed by atoms with Crippen LogP contribution in [0.1, 0.15) is 0 Å². The third-order valence-corrected chi connectivity index (χ3v) is 3.83. The van der Waals surface area contributed by atoms with Crippen LogP contribution in [0.5, 0.6) is 0 Å². The second-order valence-electron chi connectivity index (χ2n) is 5.76. The summed E-state index contributed by atoms with van der Waals surface area (Å²) < 4.78 is 7.98. The Hall–Kier alpha value is -3.28. The molecular weight excluding hydrogens is 300 g/mol. The van der Waals surface area contributed by atoms with Crippen LogP contribution in [0.15, 0.2) is 74.0 Å². The van der Waals surface area contributed by atoms with Crippen LogP contribution in [0.4, 0.5) is 0 Å². The Labute approximate surface area is 139 Å². The SMILES string of the molecule is C[n+]1ccn(-c2cc(-c3ccccn3)cc(-n3cc[n+](C)c3)n2)c1. The van der Waals surface area contributed by atoms with Gasteiger partial charge < -0.3 is 0 Å². The number of nitrogens with zero attached hydrogens (tertiary/aromatic N) is 6. The lowest BCUT2D eigenvalue weighted by Gasteiger charge is -2.04. The van der Waals surface area contributed by atoms with Gasteiger partial charge in [-0.2, -0.15) is 14.1 Å². The van der Waals surface area contributed by atoms with Crippen LogP contribution >= 0.6 is 0 Å². The number of imidazole rings is 2. The molecular formula is C18H18N6+2. The summed E-state index contributed by atoms with van der Waals surface area (Å²) in [5, 5.41) is 0. The zero-order valence-electron chi connectivity index (χ0n) is 13.6. The van der Waals surface area contributed by atoms with Crippen LogP contribution in [0, 0.1) is 0 Å². The zero-order valence-corrected chi connectivity index (χ0v) is 13.6. The fourth-order valence-corrected chi connectivity index (χ4v) is 2.62. The summed E-state index contributed by atoms with van der Waals surface area (Å²) in [7, 11) is 3.98. The Morgan fingerprint density at radius 2 is 1.50 bits per heavy atom. The van der Waals surface area contributed by atoms with E-state index >= 15 is 0 Å². The van der Waals surface area contributed by atoms with Crippen molar-refractivity contribution in [1.29, 1.82) is 0 Å². The Bertz CT molecular complexity index is 925. The van der Waals surface area contributed by atoms with Gasteiger partial charge in [0, 0.05) is 23.9 Å². The third kappa shape index (κ3) is 2.69. The van der Waals surface area contributed by atoms with Crippen LogP contribution in [0.25, 0.3) is 22.9 Å². The van der Waals surface area contributed by atoms with E-state index in [4.69, 9.17) is 4.98 Å². The van der Waals surface area contributed by atoms with Gasteiger partial charge in [0.2, 0.25) is 24.3 Å². The molecule has 4 aromatic rings. The van der Waals surface area contributed by atoms with E-state index in [2.05, 4.69) is 17.1 Å². The van der Waals surface area contributed by atoms with Crippen molar-refractivity contribution in [3.8, 4) is 22.9 Å². The normalized spacial score (nSPS) is 10.9. The minimum Gasteiger partial charge on any atom is -0.256 e. The second kappa shape index (κ2) is 5.73. The summed E-state index contributed by atoms with van der Waals surface area (Å²) in [4.78, 5) is 9.27. The van der Waals surface area contributed by atoms with Gasteiger partial charge in [0.15, 0.2) is 0 Å². The molecule has 0 spiro atoms. The number of pyridine rings is 2. The average Bonchev–Trinajstić information content (AvgIpc) is 3.24. The summed E-state index contributed by atoms with van der Waals surface area (Å²) in [5.74, 6) is 1.70. The number of aromatic nitrogens is 6. The summed E-state index contributed by atoms with van der Waals surface area (Å²) in [6.45, 7) is 0. The molecule has 0 saturated heterocycles. The van der Waals surface area contributed by atoms with E-state index < -0.39 is 0 Å². The number of hydrogen-bond donors (Lipinski definition) is 0. The van der Waals surface area contributed by atoms with Crippen molar-refractivity contribution in [2.45, 2.75) is 0 Å². The lowest BCUT2D eigenvalue weighted by atomic mass is 10.1. The predicted molar refractivity (Wildman–Crippen MR) is 88.5 cm³/mol. The Morgan fingerprint density at radius 1 is 0.875 bits per heavy atom. The van der Waals surface area contributed by atoms with Crippen LogP contribution in [0.3, 0.4) is 0 Å². The standard InChI is InChI=1S/C18H18N6/c1-21-7-9-23(13-21)17-11-15(16-5-3-4-6-19-16)12-18(20-17)24-10-8-22(2)14-24/h3-14H,1-2H3/q+2. The molecule has 0 bridgehead atoms. The smallest absolute Gasteiger partial charge is 0.250 e. The van der Waals surface area contributed by atoms with Crippen LogP contribution in [-0.2, 0) is 14.1 Å². The van der Waals surface area contributed by atoms with Gasteiger partial charge >= 0.3 is 0 Å². The molecule has 0 aliphatic rings. The Morgan fingerprint density at radius 3 is 1.96 bits per heavy atom. The van der Waals surface area contributed by atoms with Gasteiger partial charge in [-0.15, -0.1) is 0 Å². The van der Waals surface area contributed by atoms with E-state index in [1.807, 2.05) is 88.0 Å². The lowest BCUT2D eigenvalue weighted by molar-refractivity contribution is -0.670. The minimum absolute atomic E-state index is 0.852. The molecule has 6 nitrogen and oxygen atoms in total. The monoisotopic (exact) mass is 318 g/mol. The molecule has 4 aromatic heterocycles. The first kappa shape index (κ1) is 14.3. The van der Waals surface area contributed by atoms with E-state index in [0.717, 1.165) is 22.9 Å². The molecule has 4 rings (SSSR count). The second-order valence-corrected chi connectivity index (χ2v) is 5.76. The van der Waals surface area contributed by atoms with Crippen LogP contribution in [-0.4, -0.2) is 19.1 Å². The number of aryl methyl sites for hydroxylation is 2. The summed E-state index contributed by atoms with van der Waals surface area (Å²) in [6.07, 6.45) is 13.7. The van der Waals surface area contributed by atoms with Gasteiger partial charge in [-0.3, -0.25) is 4.98 Å². The van der Waals surface area contributed by atoms with Crippen LogP contribution in [0.2, 0.25) is 0 Å². The van der Waals surface area contributed by atoms with E-state index in [0.29, 0.717) is 0 Å². The molecule has 0 N–H and O–H groups in total.